The van der Waals surface area contributed by atoms with Gasteiger partial charge in [0.15, 0.2) is 0 Å². The Kier molecular flexibility index (Phi) is 4.46. The Labute approximate surface area is 134 Å². The van der Waals surface area contributed by atoms with Crippen LogP contribution in [0.1, 0.15) is 12.8 Å². The van der Waals surface area contributed by atoms with E-state index >= 15 is 0 Å². The van der Waals surface area contributed by atoms with E-state index in [1.807, 2.05) is 24.3 Å². The van der Waals surface area contributed by atoms with Gasteiger partial charge in [0.2, 0.25) is 0 Å². The quantitative estimate of drug-likeness (QED) is 0.931. The van der Waals surface area contributed by atoms with E-state index in [9.17, 15) is 9.18 Å². The number of nitrogens with zero attached hydrogens (tertiary/aromatic N) is 1. The Morgan fingerprint density at radius 1 is 1.00 bits per heavy atom. The molecule has 120 valence electrons. The summed E-state index contributed by atoms with van der Waals surface area (Å²) in [6.45, 7) is 1.02. The van der Waals surface area contributed by atoms with Crippen molar-refractivity contribution in [2.45, 2.75) is 18.9 Å². The Morgan fingerprint density at radius 3 is 2.04 bits per heavy atom. The topological polar surface area (TPSA) is 49.8 Å². The number of benzene rings is 2. The fraction of sp³-hybridized carbons (Fsp3) is 0.278. The highest BCUT2D eigenvalue weighted by atomic mass is 19.1. The molecule has 2 aromatic carbocycles. The molecule has 1 aliphatic rings. The smallest absolute Gasteiger partial charge is 0.407 e. The molecule has 1 saturated heterocycles. The highest BCUT2D eigenvalue weighted by Crippen LogP contribution is 2.24. The van der Waals surface area contributed by atoms with E-state index in [1.54, 1.807) is 12.1 Å². The van der Waals surface area contributed by atoms with Crippen LogP contribution >= 0.6 is 0 Å². The lowest BCUT2D eigenvalue weighted by Gasteiger charge is -2.30. The van der Waals surface area contributed by atoms with Crippen molar-refractivity contribution in [3.63, 3.8) is 0 Å². The summed E-state index contributed by atoms with van der Waals surface area (Å²) in [6, 6.07) is 14.0. The molecule has 0 unspecified atom stereocenters. The molecule has 0 aliphatic carbocycles. The predicted molar refractivity (Wildman–Crippen MR) is 85.1 cm³/mol. The van der Waals surface area contributed by atoms with Crippen LogP contribution in [0.5, 0.6) is 5.75 Å². The summed E-state index contributed by atoms with van der Waals surface area (Å²) in [5.74, 6) is 0.519. The minimum atomic E-state index is -0.868. The zero-order chi connectivity index (χ0) is 16.2. The second-order valence-corrected chi connectivity index (χ2v) is 5.62. The van der Waals surface area contributed by atoms with Gasteiger partial charge in [-0.05, 0) is 35.4 Å². The van der Waals surface area contributed by atoms with Crippen molar-refractivity contribution in [1.82, 2.24) is 4.90 Å². The van der Waals surface area contributed by atoms with E-state index in [2.05, 4.69) is 0 Å². The van der Waals surface area contributed by atoms with Gasteiger partial charge in [0.1, 0.15) is 17.7 Å². The first-order chi connectivity index (χ1) is 11.1. The first-order valence-electron chi connectivity index (χ1n) is 7.62. The third-order valence-electron chi connectivity index (χ3n) is 4.05. The zero-order valence-corrected chi connectivity index (χ0v) is 12.6. The molecule has 0 spiro atoms. The second-order valence-electron chi connectivity index (χ2n) is 5.62. The monoisotopic (exact) mass is 315 g/mol. The van der Waals surface area contributed by atoms with Gasteiger partial charge < -0.3 is 14.7 Å². The summed E-state index contributed by atoms with van der Waals surface area (Å²) in [7, 11) is 0. The predicted octanol–water partition coefficient (Wildman–Crippen LogP) is 4.01. The lowest BCUT2D eigenvalue weighted by atomic mass is 10.1. The largest absolute Gasteiger partial charge is 0.490 e. The standard InChI is InChI=1S/C18H18FNO3/c19-15-5-1-13(2-6-15)14-3-7-16(8-4-14)23-17-9-11-20(12-10-17)18(21)22/h1-8,17H,9-12H2,(H,21,22). The van der Waals surface area contributed by atoms with E-state index < -0.39 is 6.09 Å². The summed E-state index contributed by atoms with van der Waals surface area (Å²) in [4.78, 5) is 12.3. The Bertz CT molecular complexity index is 662. The number of piperidine rings is 1. The second kappa shape index (κ2) is 6.69. The van der Waals surface area contributed by atoms with Gasteiger partial charge in [-0.25, -0.2) is 9.18 Å². The summed E-state index contributed by atoms with van der Waals surface area (Å²) in [5.41, 5.74) is 1.95. The molecule has 0 radical (unpaired) electrons. The minimum absolute atomic E-state index is 0.0438. The number of likely N-dealkylation sites (tertiary alicyclic amines) is 1. The maximum absolute atomic E-state index is 12.9. The fourth-order valence-corrected chi connectivity index (χ4v) is 2.73. The maximum atomic E-state index is 12.9. The van der Waals surface area contributed by atoms with E-state index in [4.69, 9.17) is 9.84 Å². The van der Waals surface area contributed by atoms with Crippen LogP contribution in [-0.4, -0.2) is 35.3 Å². The van der Waals surface area contributed by atoms with Crippen molar-refractivity contribution < 1.29 is 19.0 Å². The Morgan fingerprint density at radius 2 is 1.52 bits per heavy atom. The normalized spacial score (nSPS) is 15.4. The SMILES string of the molecule is O=C(O)N1CCC(Oc2ccc(-c3ccc(F)cc3)cc2)CC1. The van der Waals surface area contributed by atoms with Crippen LogP contribution in [0.4, 0.5) is 9.18 Å². The molecule has 1 fully saturated rings. The molecule has 4 nitrogen and oxygen atoms in total. The molecule has 0 atom stereocenters. The van der Waals surface area contributed by atoms with Crippen molar-refractivity contribution in [2.24, 2.45) is 0 Å². The number of halogens is 1. The van der Waals surface area contributed by atoms with E-state index in [-0.39, 0.29) is 11.9 Å². The van der Waals surface area contributed by atoms with E-state index in [0.717, 1.165) is 16.9 Å². The van der Waals surface area contributed by atoms with Crippen molar-refractivity contribution in [2.75, 3.05) is 13.1 Å². The molecule has 1 N–H and O–H groups in total. The highest BCUT2D eigenvalue weighted by molar-refractivity contribution is 5.65. The maximum Gasteiger partial charge on any atom is 0.407 e. The summed E-state index contributed by atoms with van der Waals surface area (Å²) in [5, 5.41) is 8.93. The Balaban J connectivity index is 1.60. The molecule has 1 amide bonds. The van der Waals surface area contributed by atoms with Crippen molar-refractivity contribution in [3.05, 3.63) is 54.3 Å². The summed E-state index contributed by atoms with van der Waals surface area (Å²) >= 11 is 0. The molecular weight excluding hydrogens is 297 g/mol. The molecule has 0 bridgehead atoms. The lowest BCUT2D eigenvalue weighted by molar-refractivity contribution is 0.0895. The van der Waals surface area contributed by atoms with Crippen LogP contribution in [0.2, 0.25) is 0 Å². The number of carboxylic acid groups (broad SMARTS) is 1. The first-order valence-corrected chi connectivity index (χ1v) is 7.62. The minimum Gasteiger partial charge on any atom is -0.490 e. The summed E-state index contributed by atoms with van der Waals surface area (Å²) in [6.07, 6.45) is 0.576. The zero-order valence-electron chi connectivity index (χ0n) is 12.6. The van der Waals surface area contributed by atoms with Gasteiger partial charge in [-0.15, -0.1) is 0 Å². The average molecular weight is 315 g/mol. The van der Waals surface area contributed by atoms with Gasteiger partial charge in [0, 0.05) is 25.9 Å². The van der Waals surface area contributed by atoms with Crippen LogP contribution in [0.25, 0.3) is 11.1 Å². The number of ether oxygens (including phenoxy) is 1. The molecular formula is C18H18FNO3. The number of rotatable bonds is 3. The molecule has 2 aromatic rings. The first kappa shape index (κ1) is 15.3. The average Bonchev–Trinajstić information content (AvgIpc) is 2.57. The number of hydrogen-bond donors (Lipinski definition) is 1. The molecule has 1 heterocycles. The number of hydrogen-bond acceptors (Lipinski definition) is 2. The van der Waals surface area contributed by atoms with Gasteiger partial charge in [-0.2, -0.15) is 0 Å². The molecule has 1 aliphatic heterocycles. The fourth-order valence-electron chi connectivity index (χ4n) is 2.73. The summed E-state index contributed by atoms with van der Waals surface area (Å²) < 4.78 is 18.9. The van der Waals surface area contributed by atoms with E-state index in [0.29, 0.717) is 25.9 Å². The Hall–Kier alpha value is -2.56. The van der Waals surface area contributed by atoms with Gasteiger partial charge >= 0.3 is 6.09 Å². The van der Waals surface area contributed by atoms with Crippen LogP contribution < -0.4 is 4.74 Å². The van der Waals surface area contributed by atoms with E-state index in [1.165, 1.54) is 17.0 Å². The van der Waals surface area contributed by atoms with Gasteiger partial charge in [-0.3, -0.25) is 0 Å². The molecule has 0 saturated carbocycles. The lowest BCUT2D eigenvalue weighted by Crippen LogP contribution is -2.41. The van der Waals surface area contributed by atoms with Gasteiger partial charge in [0.05, 0.1) is 0 Å². The van der Waals surface area contributed by atoms with Gasteiger partial charge in [-0.1, -0.05) is 24.3 Å². The molecule has 5 heteroatoms. The van der Waals surface area contributed by atoms with Crippen LogP contribution in [-0.2, 0) is 0 Å². The molecule has 23 heavy (non-hydrogen) atoms. The van der Waals surface area contributed by atoms with Crippen LogP contribution in [0.3, 0.4) is 0 Å². The third kappa shape index (κ3) is 3.80. The molecule has 3 rings (SSSR count). The van der Waals surface area contributed by atoms with Crippen LogP contribution in [0.15, 0.2) is 48.5 Å². The van der Waals surface area contributed by atoms with Crippen molar-refractivity contribution in [1.29, 1.82) is 0 Å². The number of amides is 1. The van der Waals surface area contributed by atoms with Crippen molar-refractivity contribution >= 4 is 6.09 Å². The van der Waals surface area contributed by atoms with Crippen molar-refractivity contribution in [3.8, 4) is 16.9 Å². The van der Waals surface area contributed by atoms with Gasteiger partial charge in [0.25, 0.3) is 0 Å². The van der Waals surface area contributed by atoms with Crippen LogP contribution in [0, 0.1) is 5.82 Å². The highest BCUT2D eigenvalue weighted by Gasteiger charge is 2.23. The number of carbonyl (C=O) groups is 1. The third-order valence-corrected chi connectivity index (χ3v) is 4.05. The molecule has 0 aromatic heterocycles.